The highest BCUT2D eigenvalue weighted by Gasteiger charge is 2.75. The van der Waals surface area contributed by atoms with Gasteiger partial charge in [-0.2, -0.15) is 0 Å². The first-order valence-corrected chi connectivity index (χ1v) is 22.7. The summed E-state index contributed by atoms with van der Waals surface area (Å²) < 4.78 is 28.6. The van der Waals surface area contributed by atoms with Crippen LogP contribution in [-0.2, 0) is 40.4 Å². The van der Waals surface area contributed by atoms with Crippen molar-refractivity contribution < 1.29 is 48.0 Å². The molecular formula is C55H50N4O10. The number of carbonyl (C=O) groups is 4. The molecule has 0 bridgehead atoms. The number of nitrogens with zero attached hydrogens (tertiary/aromatic N) is 3. The quantitative estimate of drug-likeness (QED) is 0.0679. The Morgan fingerprint density at radius 1 is 0.754 bits per heavy atom. The summed E-state index contributed by atoms with van der Waals surface area (Å²) >= 11 is 0. The van der Waals surface area contributed by atoms with Crippen LogP contribution in [0.5, 0.6) is 11.5 Å². The number of benzene rings is 5. The van der Waals surface area contributed by atoms with E-state index in [1.807, 2.05) is 89.8 Å². The molecule has 1 spiro atoms. The Morgan fingerprint density at radius 2 is 1.43 bits per heavy atom. The van der Waals surface area contributed by atoms with Crippen LogP contribution in [-0.4, -0.2) is 92.1 Å². The number of hydrogen-bond acceptors (Lipinski definition) is 12. The van der Waals surface area contributed by atoms with Gasteiger partial charge in [-0.3, -0.25) is 24.3 Å². The second kappa shape index (κ2) is 20.6. The van der Waals surface area contributed by atoms with Crippen LogP contribution in [0.1, 0.15) is 57.3 Å². The molecular weight excluding hydrogens is 877 g/mol. The van der Waals surface area contributed by atoms with Gasteiger partial charge < -0.3 is 34.1 Å². The SMILES string of the molecule is COCCOC(=O)N1C(=O)[C@@]2(c3cc(C#Cc4ccc(OC)cc4)ccc31)[C@H](c1ccc(OCCO)cc1)N1[C@H](c3ccccc3)[C@H](c3ccccc3)OC(=O)[C@H]1[C@@H]2C(=O)NCCc1ccccn1. The predicted octanol–water partition coefficient (Wildman–Crippen LogP) is 6.67. The van der Waals surface area contributed by atoms with Gasteiger partial charge in [-0.15, -0.1) is 0 Å². The molecule has 14 nitrogen and oxygen atoms in total. The number of rotatable bonds is 14. The third-order valence-electron chi connectivity index (χ3n) is 12.8. The largest absolute Gasteiger partial charge is 0.497 e. The number of imide groups is 1. The Balaban J connectivity index is 1.31. The van der Waals surface area contributed by atoms with Gasteiger partial charge in [0.05, 0.1) is 44.0 Å². The van der Waals surface area contributed by atoms with Gasteiger partial charge in [-0.25, -0.2) is 9.69 Å². The minimum absolute atomic E-state index is 0.0364. The summed E-state index contributed by atoms with van der Waals surface area (Å²) in [5.74, 6) is 3.93. The van der Waals surface area contributed by atoms with Crippen molar-refractivity contribution in [3.05, 3.63) is 191 Å². The molecule has 2 saturated heterocycles. The normalized spacial score (nSPS) is 21.4. The number of aliphatic hydroxyl groups excluding tert-OH is 1. The minimum atomic E-state index is -2.03. The van der Waals surface area contributed by atoms with E-state index in [2.05, 4.69) is 22.1 Å². The first-order valence-electron chi connectivity index (χ1n) is 22.7. The zero-order valence-corrected chi connectivity index (χ0v) is 38.0. The number of ether oxygens (including phenoxy) is 5. The van der Waals surface area contributed by atoms with Crippen LogP contribution in [0, 0.1) is 17.8 Å². The highest BCUT2D eigenvalue weighted by molar-refractivity contribution is 6.23. The molecule has 6 aromatic rings. The molecule has 3 aliphatic rings. The molecule has 69 heavy (non-hydrogen) atoms. The number of esters is 1. The smallest absolute Gasteiger partial charge is 0.421 e. The maximum absolute atomic E-state index is 16.4. The number of morpholine rings is 1. The topological polar surface area (TPSA) is 166 Å². The van der Waals surface area contributed by atoms with Crippen LogP contribution >= 0.6 is 0 Å². The van der Waals surface area contributed by atoms with Gasteiger partial charge in [-0.05, 0) is 89.0 Å². The summed E-state index contributed by atoms with van der Waals surface area (Å²) in [7, 11) is 3.05. The first kappa shape index (κ1) is 46.3. The molecule has 0 unspecified atom stereocenters. The highest BCUT2D eigenvalue weighted by Crippen LogP contribution is 2.66. The number of cyclic esters (lactones) is 1. The summed E-state index contributed by atoms with van der Waals surface area (Å²) in [5, 5.41) is 12.7. The number of aromatic nitrogens is 1. The van der Waals surface area contributed by atoms with Crippen LogP contribution < -0.4 is 19.7 Å². The summed E-state index contributed by atoms with van der Waals surface area (Å²) in [4.78, 5) is 69.3. The van der Waals surface area contributed by atoms with Crippen molar-refractivity contribution >= 4 is 29.6 Å². The molecule has 0 saturated carbocycles. The highest BCUT2D eigenvalue weighted by atomic mass is 16.6. The van der Waals surface area contributed by atoms with Crippen molar-refractivity contribution in [1.29, 1.82) is 0 Å². The van der Waals surface area contributed by atoms with Gasteiger partial charge in [0, 0.05) is 43.1 Å². The van der Waals surface area contributed by atoms with E-state index >= 15 is 14.4 Å². The first-order chi connectivity index (χ1) is 33.8. The Morgan fingerprint density at radius 3 is 2.12 bits per heavy atom. The summed E-state index contributed by atoms with van der Waals surface area (Å²) in [5.41, 5.74) is 2.30. The lowest BCUT2D eigenvalue weighted by Gasteiger charge is -2.46. The molecule has 0 radical (unpaired) electrons. The predicted molar refractivity (Wildman–Crippen MR) is 254 cm³/mol. The number of anilines is 1. The van der Waals surface area contributed by atoms with E-state index < -0.39 is 59.4 Å². The Bertz CT molecular complexity index is 2860. The summed E-state index contributed by atoms with van der Waals surface area (Å²) in [6.45, 7) is -0.181. The Kier molecular flexibility index (Phi) is 13.8. The zero-order valence-electron chi connectivity index (χ0n) is 38.0. The lowest BCUT2D eigenvalue weighted by atomic mass is 9.65. The minimum Gasteiger partial charge on any atom is -0.497 e. The number of hydrogen-bond donors (Lipinski definition) is 2. The molecule has 5 aromatic carbocycles. The fourth-order valence-corrected chi connectivity index (χ4v) is 9.94. The molecule has 1 aromatic heterocycles. The van der Waals surface area contributed by atoms with E-state index in [1.165, 1.54) is 7.11 Å². The molecule has 3 amide bonds. The van der Waals surface area contributed by atoms with Crippen LogP contribution in [0.2, 0.25) is 0 Å². The molecule has 350 valence electrons. The van der Waals surface area contributed by atoms with Crippen molar-refractivity contribution in [2.75, 3.05) is 52.1 Å². The molecule has 2 fully saturated rings. The van der Waals surface area contributed by atoms with Gasteiger partial charge in [0.2, 0.25) is 11.8 Å². The number of carbonyl (C=O) groups excluding carboxylic acids is 4. The molecule has 4 heterocycles. The second-order valence-electron chi connectivity index (χ2n) is 16.7. The van der Waals surface area contributed by atoms with E-state index in [0.29, 0.717) is 45.7 Å². The van der Waals surface area contributed by atoms with E-state index in [0.717, 1.165) is 16.2 Å². The third kappa shape index (κ3) is 8.91. The van der Waals surface area contributed by atoms with E-state index in [-0.39, 0.29) is 38.7 Å². The second-order valence-corrected chi connectivity index (χ2v) is 16.7. The van der Waals surface area contributed by atoms with E-state index in [4.69, 9.17) is 23.7 Å². The zero-order chi connectivity index (χ0) is 47.9. The van der Waals surface area contributed by atoms with Gasteiger partial charge in [-0.1, -0.05) is 90.7 Å². The van der Waals surface area contributed by atoms with E-state index in [1.54, 1.807) is 74.0 Å². The van der Waals surface area contributed by atoms with Crippen molar-refractivity contribution in [2.45, 2.75) is 36.1 Å². The molecule has 0 aliphatic carbocycles. The van der Waals surface area contributed by atoms with Gasteiger partial charge in [0.1, 0.15) is 42.3 Å². The Labute approximate surface area is 399 Å². The number of fused-ring (bicyclic) bond motifs is 3. The number of amides is 3. The molecule has 2 N–H and O–H groups in total. The van der Waals surface area contributed by atoms with Crippen LogP contribution in [0.25, 0.3) is 0 Å². The lowest BCUT2D eigenvalue weighted by molar-refractivity contribution is -0.178. The van der Waals surface area contributed by atoms with Crippen molar-refractivity contribution in [2.24, 2.45) is 5.92 Å². The van der Waals surface area contributed by atoms with Gasteiger partial charge >= 0.3 is 12.1 Å². The maximum Gasteiger partial charge on any atom is 0.421 e. The average molecular weight is 927 g/mol. The average Bonchev–Trinajstić information content (AvgIpc) is 3.85. The van der Waals surface area contributed by atoms with Crippen molar-refractivity contribution in [3.8, 4) is 23.3 Å². The Hall–Kier alpha value is -7.83. The monoisotopic (exact) mass is 926 g/mol. The molecule has 6 atom stereocenters. The molecule has 14 heteroatoms. The number of nitrogens with one attached hydrogen (secondary N) is 1. The molecule has 9 rings (SSSR count). The van der Waals surface area contributed by atoms with Crippen molar-refractivity contribution in [3.63, 3.8) is 0 Å². The van der Waals surface area contributed by atoms with Gasteiger partial charge in [0.15, 0.2) is 0 Å². The van der Waals surface area contributed by atoms with E-state index in [9.17, 15) is 9.90 Å². The third-order valence-corrected chi connectivity index (χ3v) is 12.8. The standard InChI is InChI=1S/C55H50N4O10/c1-65-33-34-68-54(64)58-45-27-20-37(17-16-36-18-23-42(66-2)24-19-36)35-44(45)55(53(58)63)46(51(61)57-30-28-41-15-9-10-29-56-41)48-52(62)69-49(39-13-7-4-8-14-39)47(38-11-5-3-6-12-38)59(48)50(55)40-21-25-43(26-22-40)67-32-31-60/h3-15,18-27,29,35,46-50,60H,28,30-34H2,1-2H3,(H,57,61)/t46-,47-,48-,49+,50+,55-/m1/s1. The lowest BCUT2D eigenvalue weighted by Crippen LogP contribution is -2.56. The molecule has 3 aliphatic heterocycles. The van der Waals surface area contributed by atoms with Crippen LogP contribution in [0.3, 0.4) is 0 Å². The fourth-order valence-electron chi connectivity index (χ4n) is 9.94. The van der Waals surface area contributed by atoms with Crippen molar-refractivity contribution in [1.82, 2.24) is 15.2 Å². The van der Waals surface area contributed by atoms with Gasteiger partial charge in [0.25, 0.3) is 0 Å². The summed E-state index contributed by atoms with van der Waals surface area (Å²) in [6.07, 6.45) is 0.116. The van der Waals surface area contributed by atoms with Crippen LogP contribution in [0.15, 0.2) is 152 Å². The fraction of sp³-hybridized carbons (Fsp3) is 0.255. The number of aliphatic hydroxyl groups is 1. The summed E-state index contributed by atoms with van der Waals surface area (Å²) in [6, 6.07) is 40.4. The number of pyridine rings is 1. The number of methoxy groups -OCH3 is 2. The maximum atomic E-state index is 16.4. The van der Waals surface area contributed by atoms with Crippen LogP contribution in [0.4, 0.5) is 10.5 Å².